The Labute approximate surface area is 134 Å². The molecule has 2 saturated heterocycles. The van der Waals surface area contributed by atoms with E-state index in [-0.39, 0.29) is 0 Å². The lowest BCUT2D eigenvalue weighted by atomic mass is 10.1. The summed E-state index contributed by atoms with van der Waals surface area (Å²) >= 11 is 0. The van der Waals surface area contributed by atoms with Gasteiger partial charge in [-0.05, 0) is 31.9 Å². The fourth-order valence-corrected chi connectivity index (χ4v) is 3.54. The Bertz CT molecular complexity index is 425. The smallest absolute Gasteiger partial charge is 0.0619 e. The third-order valence-electron chi connectivity index (χ3n) is 4.71. The van der Waals surface area contributed by atoms with Gasteiger partial charge in [0.1, 0.15) is 0 Å². The van der Waals surface area contributed by atoms with Crippen molar-refractivity contribution in [1.29, 1.82) is 0 Å². The Morgan fingerprint density at radius 3 is 2.64 bits per heavy atom. The Kier molecular flexibility index (Phi) is 5.70. The topological polar surface area (TPSA) is 27.7 Å². The van der Waals surface area contributed by atoms with E-state index in [1.807, 2.05) is 0 Å². The molecule has 0 radical (unpaired) electrons. The largest absolute Gasteiger partial charge is 0.380 e. The summed E-state index contributed by atoms with van der Waals surface area (Å²) in [5.74, 6) is 0. The standard InChI is InChI=1S/C18H29N3O/c1-16(19-17-6-5-13-22-15-17)14-20-9-11-21(12-10-20)18-7-3-2-4-8-18/h2-4,7-8,16-17,19H,5-6,9-15H2,1H3. The average molecular weight is 303 g/mol. The summed E-state index contributed by atoms with van der Waals surface area (Å²) in [6.45, 7) is 9.83. The highest BCUT2D eigenvalue weighted by Gasteiger charge is 2.21. The molecule has 0 spiro atoms. The minimum Gasteiger partial charge on any atom is -0.380 e. The molecule has 2 heterocycles. The summed E-state index contributed by atoms with van der Waals surface area (Å²) in [4.78, 5) is 5.07. The van der Waals surface area contributed by atoms with E-state index in [0.717, 1.165) is 45.9 Å². The van der Waals surface area contributed by atoms with E-state index >= 15 is 0 Å². The molecule has 3 rings (SSSR count). The van der Waals surface area contributed by atoms with Gasteiger partial charge in [-0.1, -0.05) is 18.2 Å². The van der Waals surface area contributed by atoms with Crippen LogP contribution >= 0.6 is 0 Å². The van der Waals surface area contributed by atoms with E-state index < -0.39 is 0 Å². The number of hydrogen-bond donors (Lipinski definition) is 1. The summed E-state index contributed by atoms with van der Waals surface area (Å²) in [5, 5.41) is 3.73. The maximum Gasteiger partial charge on any atom is 0.0619 e. The molecule has 22 heavy (non-hydrogen) atoms. The SMILES string of the molecule is CC(CN1CCN(c2ccccc2)CC1)NC1CCCOC1. The van der Waals surface area contributed by atoms with E-state index in [9.17, 15) is 0 Å². The van der Waals surface area contributed by atoms with E-state index in [1.165, 1.54) is 18.5 Å². The van der Waals surface area contributed by atoms with Crippen LogP contribution in [-0.2, 0) is 4.74 Å². The van der Waals surface area contributed by atoms with Crippen molar-refractivity contribution in [2.24, 2.45) is 0 Å². The maximum atomic E-state index is 5.55. The van der Waals surface area contributed by atoms with Crippen LogP contribution in [0.2, 0.25) is 0 Å². The molecule has 0 bridgehead atoms. The third-order valence-corrected chi connectivity index (χ3v) is 4.71. The lowest BCUT2D eigenvalue weighted by Crippen LogP contribution is -2.52. The van der Waals surface area contributed by atoms with Gasteiger partial charge in [0.05, 0.1) is 6.61 Å². The number of benzene rings is 1. The molecular weight excluding hydrogens is 274 g/mol. The van der Waals surface area contributed by atoms with Gasteiger partial charge < -0.3 is 15.0 Å². The Hall–Kier alpha value is -1.10. The van der Waals surface area contributed by atoms with Crippen LogP contribution in [0, 0.1) is 0 Å². The Morgan fingerprint density at radius 1 is 1.18 bits per heavy atom. The number of hydrogen-bond acceptors (Lipinski definition) is 4. The van der Waals surface area contributed by atoms with Crippen molar-refractivity contribution in [2.45, 2.75) is 31.8 Å². The molecular formula is C18H29N3O. The highest BCUT2D eigenvalue weighted by Crippen LogP contribution is 2.15. The lowest BCUT2D eigenvalue weighted by molar-refractivity contribution is 0.0647. The van der Waals surface area contributed by atoms with Crippen molar-refractivity contribution < 1.29 is 4.74 Å². The Balaban J connectivity index is 1.39. The molecule has 1 aromatic carbocycles. The molecule has 0 aromatic heterocycles. The number of rotatable bonds is 5. The summed E-state index contributed by atoms with van der Waals surface area (Å²) in [6, 6.07) is 11.8. The number of nitrogens with zero attached hydrogens (tertiary/aromatic N) is 2. The van der Waals surface area contributed by atoms with Crippen LogP contribution in [0.3, 0.4) is 0 Å². The van der Waals surface area contributed by atoms with Gasteiger partial charge in [-0.15, -0.1) is 0 Å². The summed E-state index contributed by atoms with van der Waals surface area (Å²) in [7, 11) is 0. The second-order valence-corrected chi connectivity index (χ2v) is 6.60. The highest BCUT2D eigenvalue weighted by atomic mass is 16.5. The van der Waals surface area contributed by atoms with Gasteiger partial charge in [0.15, 0.2) is 0 Å². The van der Waals surface area contributed by atoms with Gasteiger partial charge in [0.2, 0.25) is 0 Å². The van der Waals surface area contributed by atoms with Gasteiger partial charge in [0.25, 0.3) is 0 Å². The predicted octanol–water partition coefficient (Wildman–Crippen LogP) is 1.97. The predicted molar refractivity (Wildman–Crippen MR) is 91.5 cm³/mol. The zero-order valence-corrected chi connectivity index (χ0v) is 13.7. The molecule has 1 aromatic rings. The molecule has 0 aliphatic carbocycles. The summed E-state index contributed by atoms with van der Waals surface area (Å²) in [6.07, 6.45) is 2.45. The first-order valence-electron chi connectivity index (χ1n) is 8.67. The third kappa shape index (κ3) is 4.45. The van der Waals surface area contributed by atoms with Gasteiger partial charge in [-0.25, -0.2) is 0 Å². The average Bonchev–Trinajstić information content (AvgIpc) is 2.57. The highest BCUT2D eigenvalue weighted by molar-refractivity contribution is 5.46. The lowest BCUT2D eigenvalue weighted by Gasteiger charge is -2.38. The van der Waals surface area contributed by atoms with Crippen LogP contribution in [0.25, 0.3) is 0 Å². The first-order valence-corrected chi connectivity index (χ1v) is 8.67. The van der Waals surface area contributed by atoms with Crippen molar-refractivity contribution in [1.82, 2.24) is 10.2 Å². The van der Waals surface area contributed by atoms with E-state index in [0.29, 0.717) is 12.1 Å². The van der Waals surface area contributed by atoms with E-state index in [2.05, 4.69) is 52.4 Å². The van der Waals surface area contributed by atoms with Crippen molar-refractivity contribution in [3.8, 4) is 0 Å². The van der Waals surface area contributed by atoms with Crippen LogP contribution in [0.1, 0.15) is 19.8 Å². The quantitative estimate of drug-likeness (QED) is 0.900. The van der Waals surface area contributed by atoms with Crippen LogP contribution in [0.4, 0.5) is 5.69 Å². The molecule has 122 valence electrons. The number of piperazine rings is 1. The maximum absolute atomic E-state index is 5.55. The molecule has 2 aliphatic rings. The zero-order chi connectivity index (χ0) is 15.2. The van der Waals surface area contributed by atoms with Gasteiger partial charge in [0, 0.05) is 57.1 Å². The number of ether oxygens (including phenoxy) is 1. The molecule has 4 nitrogen and oxygen atoms in total. The molecule has 2 unspecified atom stereocenters. The van der Waals surface area contributed by atoms with E-state index in [4.69, 9.17) is 4.74 Å². The first kappa shape index (κ1) is 15.8. The van der Waals surface area contributed by atoms with Crippen LogP contribution in [0.15, 0.2) is 30.3 Å². The minimum atomic E-state index is 0.537. The van der Waals surface area contributed by atoms with Crippen molar-refractivity contribution in [2.75, 3.05) is 50.8 Å². The fraction of sp³-hybridized carbons (Fsp3) is 0.667. The molecule has 0 saturated carbocycles. The second kappa shape index (κ2) is 7.95. The molecule has 2 atom stereocenters. The zero-order valence-electron chi connectivity index (χ0n) is 13.7. The monoisotopic (exact) mass is 303 g/mol. The van der Waals surface area contributed by atoms with Crippen LogP contribution < -0.4 is 10.2 Å². The first-order chi connectivity index (χ1) is 10.8. The van der Waals surface area contributed by atoms with Crippen LogP contribution in [-0.4, -0.2) is 62.9 Å². The summed E-state index contributed by atoms with van der Waals surface area (Å²) in [5.41, 5.74) is 1.35. The van der Waals surface area contributed by atoms with Crippen LogP contribution in [0.5, 0.6) is 0 Å². The Morgan fingerprint density at radius 2 is 1.95 bits per heavy atom. The number of nitrogens with one attached hydrogen (secondary N) is 1. The van der Waals surface area contributed by atoms with Gasteiger partial charge in [-0.2, -0.15) is 0 Å². The normalized spacial score (nSPS) is 25.1. The fourth-order valence-electron chi connectivity index (χ4n) is 3.54. The van der Waals surface area contributed by atoms with E-state index in [1.54, 1.807) is 0 Å². The molecule has 1 N–H and O–H groups in total. The summed E-state index contributed by atoms with van der Waals surface area (Å²) < 4.78 is 5.55. The molecule has 4 heteroatoms. The van der Waals surface area contributed by atoms with Crippen molar-refractivity contribution >= 4 is 5.69 Å². The number of para-hydroxylation sites is 1. The second-order valence-electron chi connectivity index (χ2n) is 6.60. The molecule has 2 fully saturated rings. The molecule has 2 aliphatic heterocycles. The minimum absolute atomic E-state index is 0.537. The van der Waals surface area contributed by atoms with Crippen molar-refractivity contribution in [3.05, 3.63) is 30.3 Å². The van der Waals surface area contributed by atoms with Crippen molar-refractivity contribution in [3.63, 3.8) is 0 Å². The number of anilines is 1. The van der Waals surface area contributed by atoms with Gasteiger partial charge in [-0.3, -0.25) is 4.90 Å². The van der Waals surface area contributed by atoms with Gasteiger partial charge >= 0.3 is 0 Å². The molecule has 0 amide bonds.